The molecule has 0 bridgehead atoms. The topological polar surface area (TPSA) is 17.1 Å². The maximum absolute atomic E-state index is 12.3. The summed E-state index contributed by atoms with van der Waals surface area (Å²) in [6, 6.07) is 1.69. The average Bonchev–Trinajstić information content (AvgIpc) is 2.73. The van der Waals surface area contributed by atoms with Crippen LogP contribution in [-0.4, -0.2) is 5.78 Å². The third-order valence-corrected chi connectivity index (χ3v) is 4.64. The van der Waals surface area contributed by atoms with Gasteiger partial charge in [0.1, 0.15) is 4.34 Å². The van der Waals surface area contributed by atoms with Crippen LogP contribution in [0.5, 0.6) is 0 Å². The van der Waals surface area contributed by atoms with Gasteiger partial charge in [-0.25, -0.2) is 0 Å². The van der Waals surface area contributed by atoms with E-state index >= 15 is 0 Å². The Hall–Kier alpha value is -0.0500. The molecule has 4 heteroatoms. The number of carbonyl (C=O) groups excluding carboxylic acids is 1. The van der Waals surface area contributed by atoms with Crippen molar-refractivity contribution in [2.75, 3.05) is 0 Å². The van der Waals surface area contributed by atoms with Crippen LogP contribution in [0.25, 0.3) is 0 Å². The molecule has 2 rings (SSSR count). The van der Waals surface area contributed by atoms with E-state index in [0.29, 0.717) is 14.2 Å². The Kier molecular flexibility index (Phi) is 3.11. The zero-order valence-corrected chi connectivity index (χ0v) is 10.8. The molecule has 0 spiro atoms. The Bertz CT molecular complexity index is 391. The fourth-order valence-electron chi connectivity index (χ4n) is 2.20. The largest absolute Gasteiger partial charge is 0.293 e. The van der Waals surface area contributed by atoms with Crippen LogP contribution >= 0.6 is 34.5 Å². The summed E-state index contributed by atoms with van der Waals surface area (Å²) < 4.78 is 1.11. The highest BCUT2D eigenvalue weighted by molar-refractivity contribution is 7.20. The van der Waals surface area contributed by atoms with Crippen LogP contribution in [0.4, 0.5) is 0 Å². The van der Waals surface area contributed by atoms with Crippen LogP contribution in [0.2, 0.25) is 8.67 Å². The van der Waals surface area contributed by atoms with Crippen LogP contribution in [0.1, 0.15) is 43.0 Å². The highest BCUT2D eigenvalue weighted by Gasteiger charge is 2.37. The number of thiophene rings is 1. The van der Waals surface area contributed by atoms with E-state index in [1.54, 1.807) is 6.07 Å². The van der Waals surface area contributed by atoms with E-state index in [9.17, 15) is 4.79 Å². The first-order valence-electron chi connectivity index (χ1n) is 5.02. The molecule has 0 aromatic carbocycles. The van der Waals surface area contributed by atoms with Crippen molar-refractivity contribution >= 4 is 40.3 Å². The number of carbonyl (C=O) groups is 1. The van der Waals surface area contributed by atoms with Crippen LogP contribution < -0.4 is 0 Å². The van der Waals surface area contributed by atoms with Crippen LogP contribution in [-0.2, 0) is 0 Å². The van der Waals surface area contributed by atoms with E-state index in [0.717, 1.165) is 25.7 Å². The van der Waals surface area contributed by atoms with E-state index in [1.807, 2.05) is 6.92 Å². The Morgan fingerprint density at radius 3 is 2.47 bits per heavy atom. The van der Waals surface area contributed by atoms with Gasteiger partial charge in [-0.1, -0.05) is 43.0 Å². The number of Topliss-reactive ketones (excluding diaryl/α,β-unsaturated/α-hetero) is 1. The molecule has 1 saturated carbocycles. The van der Waals surface area contributed by atoms with Crippen LogP contribution in [0.3, 0.4) is 0 Å². The molecule has 0 aliphatic heterocycles. The lowest BCUT2D eigenvalue weighted by atomic mass is 9.81. The molecule has 0 atom stereocenters. The van der Waals surface area contributed by atoms with E-state index in [1.165, 1.54) is 11.3 Å². The van der Waals surface area contributed by atoms with Crippen molar-refractivity contribution < 1.29 is 4.79 Å². The lowest BCUT2D eigenvalue weighted by Gasteiger charge is -2.20. The molecule has 0 radical (unpaired) electrons. The summed E-state index contributed by atoms with van der Waals surface area (Å²) in [6.45, 7) is 2.03. The Labute approximate surface area is 103 Å². The van der Waals surface area contributed by atoms with E-state index in [-0.39, 0.29) is 11.2 Å². The fourth-order valence-corrected chi connectivity index (χ4v) is 3.66. The first-order chi connectivity index (χ1) is 7.03. The summed E-state index contributed by atoms with van der Waals surface area (Å²) in [6.07, 6.45) is 4.21. The molecule has 1 aliphatic carbocycles. The Morgan fingerprint density at radius 2 is 2.00 bits per heavy atom. The third kappa shape index (κ3) is 2.08. The zero-order chi connectivity index (χ0) is 11.1. The van der Waals surface area contributed by atoms with Crippen LogP contribution in [0, 0.1) is 5.41 Å². The van der Waals surface area contributed by atoms with Gasteiger partial charge in [-0.05, 0) is 18.9 Å². The molecule has 0 unspecified atom stereocenters. The van der Waals surface area contributed by atoms with Crippen molar-refractivity contribution in [1.29, 1.82) is 0 Å². The van der Waals surface area contributed by atoms with Gasteiger partial charge in [0.2, 0.25) is 0 Å². The molecule has 82 valence electrons. The van der Waals surface area contributed by atoms with E-state index < -0.39 is 0 Å². The molecule has 1 aliphatic rings. The minimum Gasteiger partial charge on any atom is -0.293 e. The minimum atomic E-state index is -0.214. The quantitative estimate of drug-likeness (QED) is 0.699. The van der Waals surface area contributed by atoms with E-state index in [4.69, 9.17) is 23.2 Å². The van der Waals surface area contributed by atoms with Gasteiger partial charge in [0.25, 0.3) is 0 Å². The summed E-state index contributed by atoms with van der Waals surface area (Å²) in [7, 11) is 0. The lowest BCUT2D eigenvalue weighted by molar-refractivity contribution is 0.0824. The zero-order valence-electron chi connectivity index (χ0n) is 8.48. The summed E-state index contributed by atoms with van der Waals surface area (Å²) in [5.74, 6) is 0.160. The van der Waals surface area contributed by atoms with Crippen molar-refractivity contribution in [3.05, 3.63) is 20.3 Å². The molecule has 1 aromatic rings. The molecular formula is C11H12Cl2OS. The van der Waals surface area contributed by atoms with Gasteiger partial charge in [0.05, 0.1) is 4.34 Å². The van der Waals surface area contributed by atoms with Crippen LogP contribution in [0.15, 0.2) is 6.07 Å². The third-order valence-electron chi connectivity index (χ3n) is 3.16. The second kappa shape index (κ2) is 4.08. The molecule has 15 heavy (non-hydrogen) atoms. The molecule has 0 N–H and O–H groups in total. The summed E-state index contributed by atoms with van der Waals surface area (Å²) in [5, 5.41) is 0. The van der Waals surface area contributed by atoms with Gasteiger partial charge in [-0.3, -0.25) is 4.79 Å². The highest BCUT2D eigenvalue weighted by atomic mass is 35.5. The average molecular weight is 263 g/mol. The number of hydrogen-bond donors (Lipinski definition) is 0. The molecule has 1 fully saturated rings. The maximum atomic E-state index is 12.3. The van der Waals surface area contributed by atoms with Gasteiger partial charge < -0.3 is 0 Å². The number of halogens is 2. The van der Waals surface area contributed by atoms with Gasteiger partial charge in [-0.2, -0.15) is 0 Å². The summed E-state index contributed by atoms with van der Waals surface area (Å²) in [4.78, 5) is 12.3. The lowest BCUT2D eigenvalue weighted by Crippen LogP contribution is -2.24. The standard InChI is InChI=1S/C11H12Cl2OS/c1-11(4-2-3-5-11)9(14)7-6-8(12)15-10(7)13/h6H,2-5H2,1H3. The molecule has 1 nitrogen and oxygen atoms in total. The van der Waals surface area contributed by atoms with Crippen molar-refractivity contribution in [2.24, 2.45) is 5.41 Å². The first kappa shape index (κ1) is 11.4. The molecule has 0 amide bonds. The second-order valence-electron chi connectivity index (χ2n) is 4.33. The molecule has 0 saturated heterocycles. The highest BCUT2D eigenvalue weighted by Crippen LogP contribution is 2.43. The predicted octanol–water partition coefficient (Wildman–Crippen LogP) is 4.82. The van der Waals surface area contributed by atoms with Crippen molar-refractivity contribution in [1.82, 2.24) is 0 Å². The monoisotopic (exact) mass is 262 g/mol. The van der Waals surface area contributed by atoms with Gasteiger partial charge in [0.15, 0.2) is 5.78 Å². The summed E-state index contributed by atoms with van der Waals surface area (Å²) in [5.41, 5.74) is 0.393. The van der Waals surface area contributed by atoms with Crippen molar-refractivity contribution in [3.63, 3.8) is 0 Å². The molecule has 1 heterocycles. The van der Waals surface area contributed by atoms with Crippen molar-refractivity contribution in [2.45, 2.75) is 32.6 Å². The fraction of sp³-hybridized carbons (Fsp3) is 0.545. The SMILES string of the molecule is CC1(C(=O)c2cc(Cl)sc2Cl)CCCC1. The van der Waals surface area contributed by atoms with E-state index in [2.05, 4.69) is 0 Å². The normalized spacial score (nSPS) is 19.4. The Balaban J connectivity index is 2.31. The minimum absolute atomic E-state index is 0.160. The number of rotatable bonds is 2. The van der Waals surface area contributed by atoms with Crippen molar-refractivity contribution in [3.8, 4) is 0 Å². The number of hydrogen-bond acceptors (Lipinski definition) is 2. The maximum Gasteiger partial charge on any atom is 0.171 e. The number of ketones is 1. The first-order valence-corrected chi connectivity index (χ1v) is 6.60. The summed E-state index contributed by atoms with van der Waals surface area (Å²) >= 11 is 13.1. The molecule has 1 aromatic heterocycles. The second-order valence-corrected chi connectivity index (χ2v) is 6.62. The van der Waals surface area contributed by atoms with Gasteiger partial charge in [-0.15, -0.1) is 11.3 Å². The molecular weight excluding hydrogens is 251 g/mol. The van der Waals surface area contributed by atoms with Gasteiger partial charge in [0, 0.05) is 11.0 Å². The Morgan fingerprint density at radius 1 is 1.40 bits per heavy atom. The predicted molar refractivity (Wildman–Crippen MR) is 65.2 cm³/mol. The van der Waals surface area contributed by atoms with Gasteiger partial charge >= 0.3 is 0 Å². The smallest absolute Gasteiger partial charge is 0.171 e.